The maximum atomic E-state index is 12.9. The SMILES string of the molecule is CCCCCCC/C=C\C/C=C\C/C=C\CCCCCCCCCCCCCCCCCCCCCCCCCCCCC(=O)OC(COC(=O)CCCCCCCCCCCCCCCCCCCCC/C=C\C/C=C\CCCCCCC)COP(=O)(O)OCC[N+](C)(C)C. The van der Waals surface area contributed by atoms with E-state index in [-0.39, 0.29) is 25.6 Å². The second kappa shape index (κ2) is 76.9. The van der Waals surface area contributed by atoms with Crippen LogP contribution in [0.25, 0.3) is 0 Å². The fourth-order valence-electron chi connectivity index (χ4n) is 12.6. The van der Waals surface area contributed by atoms with E-state index in [2.05, 4.69) is 74.6 Å². The third-order valence-electron chi connectivity index (χ3n) is 19.0. The topological polar surface area (TPSA) is 108 Å². The van der Waals surface area contributed by atoms with Crippen molar-refractivity contribution >= 4 is 19.8 Å². The predicted octanol–water partition coefficient (Wildman–Crippen LogP) is 28.1. The second-order valence-electron chi connectivity index (χ2n) is 29.9. The van der Waals surface area contributed by atoms with Crippen molar-refractivity contribution in [3.63, 3.8) is 0 Å². The van der Waals surface area contributed by atoms with Crippen molar-refractivity contribution in [2.45, 2.75) is 431 Å². The maximum absolute atomic E-state index is 12.9. The minimum Gasteiger partial charge on any atom is -0.462 e. The normalized spacial score (nSPS) is 13.3. The molecule has 2 atom stereocenters. The molecule has 0 aliphatic heterocycles. The smallest absolute Gasteiger partial charge is 0.462 e. The number of carbonyl (C=O) groups excluding carboxylic acids is 2. The number of esters is 2. The summed E-state index contributed by atoms with van der Waals surface area (Å²) in [6.07, 6.45) is 104. The molecule has 0 bridgehead atoms. The average molecular weight is 1370 g/mol. The number of hydrogen-bond acceptors (Lipinski definition) is 7. The maximum Gasteiger partial charge on any atom is 0.472 e. The van der Waals surface area contributed by atoms with Gasteiger partial charge in [0, 0.05) is 12.8 Å². The molecule has 0 aromatic heterocycles. The monoisotopic (exact) mass is 1370 g/mol. The molecule has 0 radical (unpaired) electrons. The number of phosphoric ester groups is 1. The lowest BCUT2D eigenvalue weighted by Crippen LogP contribution is -2.37. The zero-order chi connectivity index (χ0) is 69.7. The summed E-state index contributed by atoms with van der Waals surface area (Å²) in [6.45, 7) is 4.48. The summed E-state index contributed by atoms with van der Waals surface area (Å²) < 4.78 is 34.9. The summed E-state index contributed by atoms with van der Waals surface area (Å²) >= 11 is 0. The van der Waals surface area contributed by atoms with Crippen LogP contribution in [0, 0.1) is 0 Å². The van der Waals surface area contributed by atoms with Crippen LogP contribution in [0.3, 0.4) is 0 Å². The molecule has 0 aliphatic rings. The number of ether oxygens (including phenoxy) is 2. The minimum absolute atomic E-state index is 0.0342. The van der Waals surface area contributed by atoms with E-state index in [0.29, 0.717) is 23.9 Å². The molecule has 564 valence electrons. The van der Waals surface area contributed by atoms with Crippen molar-refractivity contribution in [2.75, 3.05) is 47.5 Å². The van der Waals surface area contributed by atoms with Crippen LogP contribution in [0.15, 0.2) is 60.8 Å². The van der Waals surface area contributed by atoms with Crippen molar-refractivity contribution in [1.82, 2.24) is 0 Å². The number of nitrogens with zero attached hydrogens (tertiary/aromatic N) is 1. The Hall–Kier alpha value is -2.29. The van der Waals surface area contributed by atoms with Crippen molar-refractivity contribution in [3.05, 3.63) is 60.8 Å². The molecule has 1 N–H and O–H groups in total. The number of hydrogen-bond donors (Lipinski definition) is 1. The first-order chi connectivity index (χ1) is 47.0. The first-order valence-corrected chi connectivity index (χ1v) is 43.5. The van der Waals surface area contributed by atoms with E-state index in [1.807, 2.05) is 21.1 Å². The largest absolute Gasteiger partial charge is 0.472 e. The Morgan fingerprint density at radius 2 is 0.562 bits per heavy atom. The van der Waals surface area contributed by atoms with Crippen LogP contribution in [0.1, 0.15) is 425 Å². The molecule has 0 saturated heterocycles. The van der Waals surface area contributed by atoms with E-state index >= 15 is 0 Å². The Morgan fingerprint density at radius 1 is 0.323 bits per heavy atom. The van der Waals surface area contributed by atoms with Crippen LogP contribution in [-0.2, 0) is 32.7 Å². The van der Waals surface area contributed by atoms with E-state index in [1.165, 1.54) is 340 Å². The molecule has 0 aliphatic carbocycles. The molecule has 0 aromatic carbocycles. The first kappa shape index (κ1) is 93.7. The van der Waals surface area contributed by atoms with Gasteiger partial charge in [0.1, 0.15) is 19.8 Å². The number of allylic oxidation sites excluding steroid dienone is 10. The number of carbonyl (C=O) groups is 2. The van der Waals surface area contributed by atoms with Crippen LogP contribution >= 0.6 is 7.82 Å². The van der Waals surface area contributed by atoms with E-state index < -0.39 is 26.5 Å². The van der Waals surface area contributed by atoms with Crippen LogP contribution in [0.2, 0.25) is 0 Å². The lowest BCUT2D eigenvalue weighted by molar-refractivity contribution is -0.870. The molecule has 10 heteroatoms. The standard InChI is InChI=1S/C86H162NO8P/c1-6-8-10-12-14-16-18-20-22-24-26-28-30-32-34-36-38-39-40-41-42-43-44-45-46-47-49-51-53-55-57-59-61-63-65-67-69-71-73-75-77-79-86(89)95-84(83-94-96(90,91)93-81-80-87(3,4)5)82-92-85(88)78-76-74-72-70-68-66-64-62-60-58-56-54-52-50-48-37-35-33-31-29-27-25-23-21-19-17-15-13-11-9-7-2/h18-21,24-27,30,32,84H,6-17,22-23,28-29,31,33-83H2,1-5H3/p+1/b20-18-,21-19-,26-24-,27-25-,32-30-. The molecule has 0 rings (SSSR count). The predicted molar refractivity (Wildman–Crippen MR) is 418 cm³/mol. The summed E-state index contributed by atoms with van der Waals surface area (Å²) in [5.41, 5.74) is 0. The van der Waals surface area contributed by atoms with Gasteiger partial charge < -0.3 is 18.9 Å². The summed E-state index contributed by atoms with van der Waals surface area (Å²) in [5, 5.41) is 0. The van der Waals surface area contributed by atoms with Gasteiger partial charge in [-0.2, -0.15) is 0 Å². The van der Waals surface area contributed by atoms with Gasteiger partial charge in [0.05, 0.1) is 27.7 Å². The lowest BCUT2D eigenvalue weighted by Gasteiger charge is -2.24. The zero-order valence-electron chi connectivity index (χ0n) is 64.6. The van der Waals surface area contributed by atoms with Crippen molar-refractivity contribution in [3.8, 4) is 0 Å². The van der Waals surface area contributed by atoms with Gasteiger partial charge in [-0.25, -0.2) is 4.57 Å². The third kappa shape index (κ3) is 80.7. The fraction of sp³-hybridized carbons (Fsp3) is 0.860. The van der Waals surface area contributed by atoms with Gasteiger partial charge in [-0.1, -0.05) is 389 Å². The Kier molecular flexibility index (Phi) is 75.0. The van der Waals surface area contributed by atoms with Crippen molar-refractivity contribution in [2.24, 2.45) is 0 Å². The van der Waals surface area contributed by atoms with Crippen molar-refractivity contribution in [1.29, 1.82) is 0 Å². The molecule has 0 fully saturated rings. The van der Waals surface area contributed by atoms with Gasteiger partial charge in [0.2, 0.25) is 0 Å². The summed E-state index contributed by atoms with van der Waals surface area (Å²) in [5.74, 6) is -0.773. The van der Waals surface area contributed by atoms with E-state index in [0.717, 1.165) is 51.4 Å². The number of unbranched alkanes of at least 4 members (excludes halogenated alkanes) is 55. The quantitative estimate of drug-likeness (QED) is 0.0211. The molecule has 9 nitrogen and oxygen atoms in total. The van der Waals surface area contributed by atoms with Crippen LogP contribution in [-0.4, -0.2) is 74.9 Å². The first-order valence-electron chi connectivity index (χ1n) is 42.0. The van der Waals surface area contributed by atoms with Crippen LogP contribution in [0.4, 0.5) is 0 Å². The van der Waals surface area contributed by atoms with E-state index in [4.69, 9.17) is 18.5 Å². The lowest BCUT2D eigenvalue weighted by atomic mass is 10.0. The molecule has 96 heavy (non-hydrogen) atoms. The van der Waals surface area contributed by atoms with Gasteiger partial charge in [0.15, 0.2) is 6.10 Å². The highest BCUT2D eigenvalue weighted by molar-refractivity contribution is 7.47. The molecule has 0 amide bonds. The van der Waals surface area contributed by atoms with Crippen LogP contribution < -0.4 is 0 Å². The molecule has 0 spiro atoms. The molecule has 0 saturated carbocycles. The average Bonchev–Trinajstić information content (AvgIpc) is 2.54. The van der Waals surface area contributed by atoms with Gasteiger partial charge in [-0.3, -0.25) is 18.6 Å². The molecule has 0 heterocycles. The van der Waals surface area contributed by atoms with Gasteiger partial charge in [0.25, 0.3) is 0 Å². The Morgan fingerprint density at radius 3 is 0.833 bits per heavy atom. The molecule has 2 unspecified atom stereocenters. The Bertz CT molecular complexity index is 1800. The number of likely N-dealkylation sites (N-methyl/N-ethyl adjacent to an activating group) is 1. The van der Waals surface area contributed by atoms with Crippen LogP contribution in [0.5, 0.6) is 0 Å². The fourth-order valence-corrected chi connectivity index (χ4v) is 13.3. The van der Waals surface area contributed by atoms with Gasteiger partial charge >= 0.3 is 19.8 Å². The molecular weight excluding hydrogens is 1210 g/mol. The summed E-state index contributed by atoms with van der Waals surface area (Å²) in [4.78, 5) is 36.0. The summed E-state index contributed by atoms with van der Waals surface area (Å²) in [7, 11) is 1.50. The van der Waals surface area contributed by atoms with Crippen molar-refractivity contribution < 1.29 is 42.1 Å². The molecular formula is C86H163NO8P+. The Labute approximate surface area is 597 Å². The van der Waals surface area contributed by atoms with Gasteiger partial charge in [-0.05, 0) is 83.5 Å². The highest BCUT2D eigenvalue weighted by atomic mass is 31.2. The Balaban J connectivity index is 3.88. The van der Waals surface area contributed by atoms with E-state index in [9.17, 15) is 19.0 Å². The summed E-state index contributed by atoms with van der Waals surface area (Å²) in [6, 6.07) is 0. The highest BCUT2D eigenvalue weighted by Crippen LogP contribution is 2.43. The zero-order valence-corrected chi connectivity index (χ0v) is 65.5. The number of quaternary nitrogens is 1. The second-order valence-corrected chi connectivity index (χ2v) is 31.3. The third-order valence-corrected chi connectivity index (χ3v) is 20.0. The van der Waals surface area contributed by atoms with Gasteiger partial charge in [-0.15, -0.1) is 0 Å². The number of rotatable bonds is 79. The minimum atomic E-state index is -4.39. The molecule has 0 aromatic rings. The number of phosphoric acid groups is 1. The highest BCUT2D eigenvalue weighted by Gasteiger charge is 2.27. The van der Waals surface area contributed by atoms with E-state index in [1.54, 1.807) is 0 Å².